The lowest BCUT2D eigenvalue weighted by Gasteiger charge is -2.35. The minimum atomic E-state index is -0.557. The zero-order valence-electron chi connectivity index (χ0n) is 23.2. The molecular weight excluding hydrogens is 498 g/mol. The zero-order chi connectivity index (χ0) is 27.8. The van der Waals surface area contributed by atoms with E-state index in [1.54, 1.807) is 0 Å². The summed E-state index contributed by atoms with van der Waals surface area (Å²) in [6.07, 6.45) is 7.80. The van der Waals surface area contributed by atoms with Crippen LogP contribution >= 0.6 is 0 Å². The Morgan fingerprint density at radius 3 is 2.56 bits per heavy atom. The fourth-order valence-electron chi connectivity index (χ4n) is 5.47. The normalized spacial score (nSPS) is 18.8. The summed E-state index contributed by atoms with van der Waals surface area (Å²) < 4.78 is 5.29. The Kier molecular flexibility index (Phi) is 9.55. The molecule has 2 unspecified atom stereocenters. The molecule has 2 aliphatic rings. The molecule has 1 aliphatic carbocycles. The second kappa shape index (κ2) is 13.1. The average molecular weight is 540 g/mol. The van der Waals surface area contributed by atoms with Crippen LogP contribution in [0.25, 0.3) is 0 Å². The van der Waals surface area contributed by atoms with Crippen molar-refractivity contribution in [2.75, 3.05) is 23.7 Å². The van der Waals surface area contributed by atoms with Crippen molar-refractivity contribution in [1.82, 2.24) is 20.6 Å². The lowest BCUT2D eigenvalue weighted by Crippen LogP contribution is -2.39. The van der Waals surface area contributed by atoms with Crippen LogP contribution in [-0.2, 0) is 17.8 Å². The van der Waals surface area contributed by atoms with Crippen LogP contribution in [0.4, 0.5) is 22.2 Å². The SMILES string of the molecule is CC(C)(C)OC(=O)NCc1cccc(CNc2ncc([N+](=O)[O-])c(NC(C3CCCCC3)C3CCNC3)n2)c1. The number of hydrogen-bond donors (Lipinski definition) is 4. The van der Waals surface area contributed by atoms with Gasteiger partial charge in [0.15, 0.2) is 0 Å². The molecule has 2 fully saturated rings. The average Bonchev–Trinajstić information content (AvgIpc) is 3.44. The number of benzene rings is 1. The third kappa shape index (κ3) is 8.51. The Hall–Kier alpha value is -3.47. The van der Waals surface area contributed by atoms with Crippen molar-refractivity contribution in [2.45, 2.75) is 84.0 Å². The first kappa shape index (κ1) is 28.5. The van der Waals surface area contributed by atoms with Crippen LogP contribution in [0.15, 0.2) is 30.5 Å². The van der Waals surface area contributed by atoms with Crippen molar-refractivity contribution in [3.63, 3.8) is 0 Å². The Bertz CT molecular complexity index is 1130. The second-order valence-corrected chi connectivity index (χ2v) is 11.5. The van der Waals surface area contributed by atoms with Crippen LogP contribution in [0.3, 0.4) is 0 Å². The molecule has 4 rings (SSSR count). The highest BCUT2D eigenvalue weighted by molar-refractivity contribution is 5.67. The van der Waals surface area contributed by atoms with Gasteiger partial charge in [0.2, 0.25) is 11.8 Å². The van der Waals surface area contributed by atoms with E-state index in [2.05, 4.69) is 31.2 Å². The molecule has 1 saturated carbocycles. The van der Waals surface area contributed by atoms with E-state index in [9.17, 15) is 14.9 Å². The number of anilines is 2. The molecule has 11 heteroatoms. The number of nitro groups is 1. The van der Waals surface area contributed by atoms with Crippen LogP contribution in [-0.4, -0.2) is 45.7 Å². The lowest BCUT2D eigenvalue weighted by molar-refractivity contribution is -0.384. The molecule has 0 radical (unpaired) electrons. The molecule has 1 saturated heterocycles. The van der Waals surface area contributed by atoms with E-state index in [0.29, 0.717) is 30.9 Å². The lowest BCUT2D eigenvalue weighted by atomic mass is 9.78. The zero-order valence-corrected chi connectivity index (χ0v) is 23.2. The summed E-state index contributed by atoms with van der Waals surface area (Å²) in [5.41, 5.74) is 1.22. The second-order valence-electron chi connectivity index (χ2n) is 11.5. The number of nitrogens with zero attached hydrogens (tertiary/aromatic N) is 3. The number of ether oxygens (including phenoxy) is 1. The molecule has 2 atom stereocenters. The standard InChI is InChI=1S/C28H41N7O4/c1-28(2,3)39-27(36)32-16-20-9-7-8-19(14-20)15-30-26-31-18-23(35(37)38)25(34-26)33-24(22-12-13-29-17-22)21-10-5-4-6-11-21/h7-9,14,18,21-22,24,29H,4-6,10-13,15-17H2,1-3H3,(H,32,36)(H2,30,31,33,34). The van der Waals surface area contributed by atoms with Crippen LogP contribution < -0.4 is 21.3 Å². The fraction of sp³-hybridized carbons (Fsp3) is 0.607. The number of carbonyl (C=O) groups excluding carboxylic acids is 1. The smallest absolute Gasteiger partial charge is 0.407 e. The van der Waals surface area contributed by atoms with E-state index in [1.165, 1.54) is 25.5 Å². The van der Waals surface area contributed by atoms with Gasteiger partial charge in [0.05, 0.1) is 4.92 Å². The number of rotatable bonds is 10. The number of aromatic nitrogens is 2. The molecule has 1 aromatic carbocycles. The summed E-state index contributed by atoms with van der Waals surface area (Å²) in [4.78, 5) is 32.2. The summed E-state index contributed by atoms with van der Waals surface area (Å²) in [5, 5.41) is 24.8. The van der Waals surface area contributed by atoms with Crippen molar-refractivity contribution in [2.24, 2.45) is 11.8 Å². The molecular formula is C28H41N7O4. The maximum Gasteiger partial charge on any atom is 0.407 e. The first-order chi connectivity index (χ1) is 18.7. The summed E-state index contributed by atoms with van der Waals surface area (Å²) in [7, 11) is 0. The van der Waals surface area contributed by atoms with Crippen LogP contribution in [0.1, 0.15) is 70.4 Å². The van der Waals surface area contributed by atoms with E-state index < -0.39 is 16.6 Å². The van der Waals surface area contributed by atoms with Crippen LogP contribution in [0, 0.1) is 22.0 Å². The molecule has 1 aliphatic heterocycles. The van der Waals surface area contributed by atoms with E-state index in [1.807, 2.05) is 45.0 Å². The van der Waals surface area contributed by atoms with Gasteiger partial charge in [0.1, 0.15) is 11.8 Å². The van der Waals surface area contributed by atoms with E-state index >= 15 is 0 Å². The topological polar surface area (TPSA) is 143 Å². The Morgan fingerprint density at radius 1 is 1.15 bits per heavy atom. The van der Waals surface area contributed by atoms with E-state index in [4.69, 9.17) is 4.74 Å². The van der Waals surface area contributed by atoms with Crippen molar-refractivity contribution < 1.29 is 14.5 Å². The monoisotopic (exact) mass is 539 g/mol. The molecule has 1 amide bonds. The molecule has 2 heterocycles. The van der Waals surface area contributed by atoms with E-state index in [0.717, 1.165) is 43.5 Å². The number of carbonyl (C=O) groups is 1. The number of alkyl carbamates (subject to hydrolysis) is 1. The highest BCUT2D eigenvalue weighted by Crippen LogP contribution is 2.35. The van der Waals surface area contributed by atoms with Crippen molar-refractivity contribution in [1.29, 1.82) is 0 Å². The highest BCUT2D eigenvalue weighted by Gasteiger charge is 2.34. The molecule has 39 heavy (non-hydrogen) atoms. The highest BCUT2D eigenvalue weighted by atomic mass is 16.6. The molecule has 212 valence electrons. The molecule has 2 aromatic rings. The van der Waals surface area contributed by atoms with Gasteiger partial charge >= 0.3 is 11.8 Å². The molecule has 11 nitrogen and oxygen atoms in total. The predicted octanol–water partition coefficient (Wildman–Crippen LogP) is 4.99. The predicted molar refractivity (Wildman–Crippen MR) is 150 cm³/mol. The summed E-state index contributed by atoms with van der Waals surface area (Å²) in [6, 6.07) is 7.91. The third-order valence-corrected chi connectivity index (χ3v) is 7.31. The van der Waals surface area contributed by atoms with Gasteiger partial charge < -0.3 is 26.0 Å². The molecule has 0 bridgehead atoms. The van der Waals surface area contributed by atoms with Gasteiger partial charge in [-0.25, -0.2) is 9.78 Å². The summed E-state index contributed by atoms with van der Waals surface area (Å²) in [6.45, 7) is 8.12. The first-order valence-corrected chi connectivity index (χ1v) is 13.9. The van der Waals surface area contributed by atoms with Crippen LogP contribution in [0.2, 0.25) is 0 Å². The van der Waals surface area contributed by atoms with E-state index in [-0.39, 0.29) is 17.5 Å². The maximum atomic E-state index is 12.0. The Labute approximate surface area is 230 Å². The van der Waals surface area contributed by atoms with Gasteiger partial charge in [-0.2, -0.15) is 4.98 Å². The molecule has 1 aromatic heterocycles. The van der Waals surface area contributed by atoms with Gasteiger partial charge in [-0.05, 0) is 76.1 Å². The van der Waals surface area contributed by atoms with Crippen molar-refractivity contribution in [3.8, 4) is 0 Å². The largest absolute Gasteiger partial charge is 0.444 e. The number of nitrogens with one attached hydrogen (secondary N) is 4. The fourth-order valence-corrected chi connectivity index (χ4v) is 5.47. The minimum Gasteiger partial charge on any atom is -0.444 e. The van der Waals surface area contributed by atoms with Crippen molar-refractivity contribution in [3.05, 3.63) is 51.7 Å². The molecule has 4 N–H and O–H groups in total. The maximum absolute atomic E-state index is 12.0. The summed E-state index contributed by atoms with van der Waals surface area (Å²) >= 11 is 0. The van der Waals surface area contributed by atoms with Gasteiger partial charge in [0, 0.05) is 19.1 Å². The van der Waals surface area contributed by atoms with Gasteiger partial charge in [-0.15, -0.1) is 0 Å². The minimum absolute atomic E-state index is 0.109. The Balaban J connectivity index is 1.43. The third-order valence-electron chi connectivity index (χ3n) is 7.31. The number of amides is 1. The Morgan fingerprint density at radius 2 is 1.90 bits per heavy atom. The number of hydrogen-bond acceptors (Lipinski definition) is 9. The van der Waals surface area contributed by atoms with Gasteiger partial charge in [-0.3, -0.25) is 10.1 Å². The van der Waals surface area contributed by atoms with Crippen molar-refractivity contribution >= 4 is 23.5 Å². The van der Waals surface area contributed by atoms with Gasteiger partial charge in [-0.1, -0.05) is 43.5 Å². The molecule has 0 spiro atoms. The first-order valence-electron chi connectivity index (χ1n) is 13.9. The quantitative estimate of drug-likeness (QED) is 0.242. The van der Waals surface area contributed by atoms with Gasteiger partial charge in [0.25, 0.3) is 0 Å². The van der Waals surface area contributed by atoms with Crippen LogP contribution in [0.5, 0.6) is 0 Å². The summed E-state index contributed by atoms with van der Waals surface area (Å²) in [5.74, 6) is 1.49.